The molecule has 1 atom stereocenters. The maximum Gasteiger partial charge on any atom is 0.00370 e. The molecule has 0 nitrogen and oxygen atoms in total. The second-order valence-electron chi connectivity index (χ2n) is 2.89. The molecule has 0 aliphatic heterocycles. The molecular weight excluding hydrogens is 200 g/mol. The molecule has 0 saturated carbocycles. The van der Waals surface area contributed by atoms with Gasteiger partial charge in [0.1, 0.15) is 0 Å². The van der Waals surface area contributed by atoms with E-state index in [1.807, 2.05) is 6.08 Å². The van der Waals surface area contributed by atoms with Gasteiger partial charge in [-0.15, -0.1) is 6.58 Å². The second-order valence-corrected chi connectivity index (χ2v) is 3.68. The van der Waals surface area contributed by atoms with Crippen molar-refractivity contribution >= 4 is 15.9 Å². The van der Waals surface area contributed by atoms with E-state index in [0.717, 1.165) is 11.8 Å². The van der Waals surface area contributed by atoms with Gasteiger partial charge in [0.25, 0.3) is 0 Å². The molecule has 0 aliphatic carbocycles. The van der Waals surface area contributed by atoms with Crippen LogP contribution in [0.15, 0.2) is 24.8 Å². The van der Waals surface area contributed by atoms with Crippen LogP contribution in [0.4, 0.5) is 0 Å². The molecule has 0 amide bonds. The Morgan fingerprint density at radius 1 is 1.55 bits per heavy atom. The number of hydrogen-bond donors (Lipinski definition) is 0. The van der Waals surface area contributed by atoms with Gasteiger partial charge in [0.15, 0.2) is 0 Å². The van der Waals surface area contributed by atoms with Crippen molar-refractivity contribution in [3.05, 3.63) is 24.8 Å². The van der Waals surface area contributed by atoms with E-state index in [1.165, 1.54) is 18.4 Å². The van der Waals surface area contributed by atoms with Crippen molar-refractivity contribution < 1.29 is 0 Å². The van der Waals surface area contributed by atoms with Crippen LogP contribution in [0.3, 0.4) is 0 Å². The fourth-order valence-electron chi connectivity index (χ4n) is 1.09. The summed E-state index contributed by atoms with van der Waals surface area (Å²) in [6.45, 7) is 9.79. The summed E-state index contributed by atoms with van der Waals surface area (Å²) in [7, 11) is 0. The molecule has 0 aromatic rings. The maximum atomic E-state index is 3.97. The fraction of sp³-hybridized carbons (Fsp3) is 0.600. The Labute approximate surface area is 78.5 Å². The van der Waals surface area contributed by atoms with Crippen LogP contribution in [0.2, 0.25) is 0 Å². The molecule has 0 aliphatic rings. The Hall–Kier alpha value is -0.0400. The quantitative estimate of drug-likeness (QED) is 0.467. The molecule has 0 N–H and O–H groups in total. The molecule has 0 fully saturated rings. The molecule has 0 unspecified atom stereocenters. The zero-order valence-corrected chi connectivity index (χ0v) is 8.86. The van der Waals surface area contributed by atoms with Gasteiger partial charge in [-0.1, -0.05) is 34.2 Å². The van der Waals surface area contributed by atoms with Crippen molar-refractivity contribution in [2.75, 3.05) is 5.33 Å². The Morgan fingerprint density at radius 2 is 2.18 bits per heavy atom. The molecule has 0 aromatic carbocycles. The highest BCUT2D eigenvalue weighted by molar-refractivity contribution is 9.09. The van der Waals surface area contributed by atoms with Gasteiger partial charge in [0.05, 0.1) is 0 Å². The van der Waals surface area contributed by atoms with Crippen molar-refractivity contribution in [2.45, 2.75) is 26.2 Å². The third-order valence-electron chi connectivity index (χ3n) is 1.87. The molecule has 0 bridgehead atoms. The maximum absolute atomic E-state index is 3.97. The average Bonchev–Trinajstić information content (AvgIpc) is 1.97. The molecule has 0 spiro atoms. The Bertz CT molecular complexity index is 127. The lowest BCUT2D eigenvalue weighted by Gasteiger charge is -2.13. The molecule has 11 heavy (non-hydrogen) atoms. The Kier molecular flexibility index (Phi) is 6.63. The molecule has 0 saturated heterocycles. The summed E-state index contributed by atoms with van der Waals surface area (Å²) in [5.41, 5.74) is 1.30. The van der Waals surface area contributed by atoms with Gasteiger partial charge in [0.2, 0.25) is 0 Å². The summed E-state index contributed by atoms with van der Waals surface area (Å²) in [4.78, 5) is 0. The minimum atomic E-state index is 0.673. The fourth-order valence-corrected chi connectivity index (χ4v) is 1.64. The van der Waals surface area contributed by atoms with Crippen LogP contribution >= 0.6 is 15.9 Å². The Balaban J connectivity index is 3.68. The number of alkyl halides is 1. The van der Waals surface area contributed by atoms with Crippen LogP contribution in [-0.2, 0) is 0 Å². The minimum absolute atomic E-state index is 0.673. The van der Waals surface area contributed by atoms with Crippen LogP contribution in [-0.4, -0.2) is 5.33 Å². The van der Waals surface area contributed by atoms with Crippen molar-refractivity contribution in [1.29, 1.82) is 0 Å². The van der Waals surface area contributed by atoms with Crippen LogP contribution in [0.5, 0.6) is 0 Å². The Morgan fingerprint density at radius 3 is 2.55 bits per heavy atom. The summed E-state index contributed by atoms with van der Waals surface area (Å²) in [6, 6.07) is 0. The predicted octanol–water partition coefficient (Wildman–Crippen LogP) is 3.93. The number of halogens is 1. The van der Waals surface area contributed by atoms with Gasteiger partial charge in [-0.25, -0.2) is 0 Å². The van der Waals surface area contributed by atoms with E-state index >= 15 is 0 Å². The van der Waals surface area contributed by atoms with E-state index in [9.17, 15) is 0 Å². The zero-order chi connectivity index (χ0) is 8.69. The zero-order valence-electron chi connectivity index (χ0n) is 7.28. The summed E-state index contributed by atoms with van der Waals surface area (Å²) < 4.78 is 0. The summed E-state index contributed by atoms with van der Waals surface area (Å²) in [5, 5.41) is 1.07. The van der Waals surface area contributed by atoms with Crippen molar-refractivity contribution in [3.8, 4) is 0 Å². The van der Waals surface area contributed by atoms with Gasteiger partial charge in [-0.05, 0) is 32.1 Å². The first-order chi connectivity index (χ1) is 5.22. The molecule has 0 rings (SSSR count). The minimum Gasteiger partial charge on any atom is -0.103 e. The normalized spacial score (nSPS) is 12.5. The van der Waals surface area contributed by atoms with Crippen LogP contribution < -0.4 is 0 Å². The first-order valence-electron chi connectivity index (χ1n) is 4.04. The first kappa shape index (κ1) is 11.0. The molecule has 0 heterocycles. The number of hydrogen-bond acceptors (Lipinski definition) is 0. The van der Waals surface area contributed by atoms with Crippen LogP contribution in [0.1, 0.15) is 26.2 Å². The van der Waals surface area contributed by atoms with Crippen molar-refractivity contribution in [1.82, 2.24) is 0 Å². The molecule has 64 valence electrons. The van der Waals surface area contributed by atoms with Gasteiger partial charge in [-0.3, -0.25) is 0 Å². The monoisotopic (exact) mass is 216 g/mol. The first-order valence-corrected chi connectivity index (χ1v) is 5.16. The average molecular weight is 217 g/mol. The van der Waals surface area contributed by atoms with E-state index in [2.05, 4.69) is 36.0 Å². The second kappa shape index (κ2) is 6.66. The smallest absolute Gasteiger partial charge is 0.00370 e. The standard InChI is InChI=1S/C10H17Br/c1-4-5-6-10(7-8-11)9(2)3/h4,10H,1-2,5-8H2,3H3/t10-/m1/s1. The highest BCUT2D eigenvalue weighted by Gasteiger charge is 2.06. The lowest BCUT2D eigenvalue weighted by Crippen LogP contribution is -2.01. The lowest BCUT2D eigenvalue weighted by atomic mass is 9.94. The van der Waals surface area contributed by atoms with Gasteiger partial charge in [-0.2, -0.15) is 0 Å². The van der Waals surface area contributed by atoms with Crippen LogP contribution in [0, 0.1) is 5.92 Å². The van der Waals surface area contributed by atoms with Crippen molar-refractivity contribution in [2.24, 2.45) is 5.92 Å². The van der Waals surface area contributed by atoms with E-state index in [0.29, 0.717) is 5.92 Å². The largest absolute Gasteiger partial charge is 0.103 e. The van der Waals surface area contributed by atoms with Gasteiger partial charge in [0, 0.05) is 5.33 Å². The van der Waals surface area contributed by atoms with E-state index < -0.39 is 0 Å². The van der Waals surface area contributed by atoms with Gasteiger partial charge < -0.3 is 0 Å². The molecule has 0 radical (unpaired) electrons. The van der Waals surface area contributed by atoms with Crippen molar-refractivity contribution in [3.63, 3.8) is 0 Å². The van der Waals surface area contributed by atoms with E-state index in [1.54, 1.807) is 0 Å². The topological polar surface area (TPSA) is 0 Å². The third-order valence-corrected chi connectivity index (χ3v) is 2.33. The van der Waals surface area contributed by atoms with E-state index in [-0.39, 0.29) is 0 Å². The summed E-state index contributed by atoms with van der Waals surface area (Å²) >= 11 is 3.44. The molecular formula is C10H17Br. The van der Waals surface area contributed by atoms with E-state index in [4.69, 9.17) is 0 Å². The molecule has 0 aromatic heterocycles. The van der Waals surface area contributed by atoms with Gasteiger partial charge >= 0.3 is 0 Å². The summed E-state index contributed by atoms with van der Waals surface area (Å²) in [5.74, 6) is 0.673. The number of rotatable bonds is 6. The predicted molar refractivity (Wildman–Crippen MR) is 56.1 cm³/mol. The highest BCUT2D eigenvalue weighted by atomic mass is 79.9. The lowest BCUT2D eigenvalue weighted by molar-refractivity contribution is 0.556. The molecule has 1 heteroatoms. The highest BCUT2D eigenvalue weighted by Crippen LogP contribution is 2.20. The SMILES string of the molecule is C=CCC[C@H](CCBr)C(=C)C. The third kappa shape index (κ3) is 5.25. The summed E-state index contributed by atoms with van der Waals surface area (Å²) in [6.07, 6.45) is 5.47. The van der Waals surface area contributed by atoms with Crippen LogP contribution in [0.25, 0.3) is 0 Å². The number of allylic oxidation sites excluding steroid dienone is 2.